The number of fused-ring (bicyclic) bond motifs is 1. The van der Waals surface area contributed by atoms with Crippen LogP contribution in [0.2, 0.25) is 0 Å². The number of anilines is 4. The smallest absolute Gasteiger partial charge is 0.159 e. The molecule has 0 saturated carbocycles. The van der Waals surface area contributed by atoms with Crippen LogP contribution in [0, 0.1) is 5.82 Å². The molecule has 134 valence electrons. The van der Waals surface area contributed by atoms with E-state index in [-0.39, 0.29) is 5.82 Å². The summed E-state index contributed by atoms with van der Waals surface area (Å²) in [5, 5.41) is 8.68. The Balaban J connectivity index is 1.57. The lowest BCUT2D eigenvalue weighted by Crippen LogP contribution is -2.08. The van der Waals surface area contributed by atoms with Gasteiger partial charge < -0.3 is 16.4 Å². The molecule has 4 N–H and O–H groups in total. The largest absolute Gasteiger partial charge is 0.393 e. The van der Waals surface area contributed by atoms with Crippen LogP contribution in [-0.4, -0.2) is 9.97 Å². The summed E-state index contributed by atoms with van der Waals surface area (Å²) in [6.07, 6.45) is 1.46. The standard InChI is InChI=1S/C21H18FN5/c22-16-10-8-14(9-11-16)12-24-20-19(23)21(26-13-25-20)27-18-7-3-5-15-4-1-2-6-17(15)18/h1-11,13H,12,23H2,(H2,24,25,26,27). The quantitative estimate of drug-likeness (QED) is 0.481. The predicted molar refractivity (Wildman–Crippen MR) is 107 cm³/mol. The monoisotopic (exact) mass is 359 g/mol. The highest BCUT2D eigenvalue weighted by Crippen LogP contribution is 2.30. The molecule has 0 spiro atoms. The van der Waals surface area contributed by atoms with Crippen LogP contribution in [-0.2, 0) is 6.54 Å². The molecule has 6 heteroatoms. The van der Waals surface area contributed by atoms with Gasteiger partial charge in [0.25, 0.3) is 0 Å². The Bertz CT molecular complexity index is 1070. The minimum absolute atomic E-state index is 0.262. The Morgan fingerprint density at radius 2 is 1.59 bits per heavy atom. The minimum atomic E-state index is -0.262. The second-order valence-electron chi connectivity index (χ2n) is 6.12. The van der Waals surface area contributed by atoms with Gasteiger partial charge in [-0.2, -0.15) is 0 Å². The third kappa shape index (κ3) is 3.64. The molecule has 1 aromatic heterocycles. The number of hydrogen-bond donors (Lipinski definition) is 3. The Labute approximate surface area is 156 Å². The third-order valence-electron chi connectivity index (χ3n) is 4.30. The van der Waals surface area contributed by atoms with Crippen molar-refractivity contribution in [2.24, 2.45) is 0 Å². The van der Waals surface area contributed by atoms with Crippen LogP contribution in [0.25, 0.3) is 10.8 Å². The molecule has 0 aliphatic rings. The van der Waals surface area contributed by atoms with E-state index >= 15 is 0 Å². The van der Waals surface area contributed by atoms with Crippen molar-refractivity contribution in [3.8, 4) is 0 Å². The first kappa shape index (κ1) is 16.8. The van der Waals surface area contributed by atoms with Crippen molar-refractivity contribution in [2.45, 2.75) is 6.54 Å². The number of aromatic nitrogens is 2. The molecule has 27 heavy (non-hydrogen) atoms. The summed E-state index contributed by atoms with van der Waals surface area (Å²) in [4.78, 5) is 8.49. The summed E-state index contributed by atoms with van der Waals surface area (Å²) in [6, 6.07) is 20.4. The van der Waals surface area contributed by atoms with Gasteiger partial charge in [-0.05, 0) is 29.1 Å². The van der Waals surface area contributed by atoms with Gasteiger partial charge in [0.1, 0.15) is 17.8 Å². The van der Waals surface area contributed by atoms with Gasteiger partial charge in [-0.15, -0.1) is 0 Å². The number of hydrogen-bond acceptors (Lipinski definition) is 5. The lowest BCUT2D eigenvalue weighted by Gasteiger charge is -2.14. The van der Waals surface area contributed by atoms with Crippen molar-refractivity contribution in [2.75, 3.05) is 16.4 Å². The van der Waals surface area contributed by atoms with Crippen molar-refractivity contribution in [1.29, 1.82) is 0 Å². The normalized spacial score (nSPS) is 10.7. The first-order valence-electron chi connectivity index (χ1n) is 8.54. The number of rotatable bonds is 5. The van der Waals surface area contributed by atoms with E-state index in [1.54, 1.807) is 12.1 Å². The SMILES string of the molecule is Nc1c(NCc2ccc(F)cc2)ncnc1Nc1cccc2ccccc12. The highest BCUT2D eigenvalue weighted by Gasteiger charge is 2.10. The average Bonchev–Trinajstić information content (AvgIpc) is 2.70. The molecule has 0 unspecified atom stereocenters. The molecule has 0 bridgehead atoms. The van der Waals surface area contributed by atoms with Gasteiger partial charge in [0, 0.05) is 17.6 Å². The zero-order valence-electron chi connectivity index (χ0n) is 14.5. The molecule has 4 rings (SSSR count). The average molecular weight is 359 g/mol. The van der Waals surface area contributed by atoms with E-state index in [9.17, 15) is 4.39 Å². The molecule has 0 atom stereocenters. The van der Waals surface area contributed by atoms with Gasteiger partial charge in [-0.1, -0.05) is 48.5 Å². The Kier molecular flexibility index (Phi) is 4.53. The number of nitrogens with zero attached hydrogens (tertiary/aromatic N) is 2. The fourth-order valence-electron chi connectivity index (χ4n) is 2.89. The fraction of sp³-hybridized carbons (Fsp3) is 0.0476. The number of halogens is 1. The molecule has 0 radical (unpaired) electrons. The number of nitrogens with two attached hydrogens (primary N) is 1. The maximum absolute atomic E-state index is 13.0. The summed E-state index contributed by atoms with van der Waals surface area (Å²) in [5.74, 6) is 0.793. The topological polar surface area (TPSA) is 75.9 Å². The van der Waals surface area contributed by atoms with Crippen LogP contribution in [0.1, 0.15) is 5.56 Å². The van der Waals surface area contributed by atoms with Crippen LogP contribution < -0.4 is 16.4 Å². The van der Waals surface area contributed by atoms with Crippen LogP contribution >= 0.6 is 0 Å². The predicted octanol–water partition coefficient (Wildman–Crippen LogP) is 4.71. The Morgan fingerprint density at radius 1 is 0.852 bits per heavy atom. The molecular formula is C21H18FN5. The van der Waals surface area contributed by atoms with Gasteiger partial charge >= 0.3 is 0 Å². The number of nitrogen functional groups attached to an aromatic ring is 1. The summed E-state index contributed by atoms with van der Waals surface area (Å²) in [5.41, 5.74) is 8.53. The van der Waals surface area contributed by atoms with Crippen LogP contribution in [0.3, 0.4) is 0 Å². The van der Waals surface area contributed by atoms with Gasteiger partial charge in [-0.25, -0.2) is 14.4 Å². The highest BCUT2D eigenvalue weighted by atomic mass is 19.1. The Hall–Kier alpha value is -3.67. The first-order valence-corrected chi connectivity index (χ1v) is 8.54. The van der Waals surface area contributed by atoms with E-state index in [1.807, 2.05) is 30.3 Å². The molecule has 5 nitrogen and oxygen atoms in total. The highest BCUT2D eigenvalue weighted by molar-refractivity contribution is 5.96. The molecule has 0 fully saturated rings. The number of nitrogens with one attached hydrogen (secondary N) is 2. The fourth-order valence-corrected chi connectivity index (χ4v) is 2.89. The van der Waals surface area contributed by atoms with Gasteiger partial charge in [0.05, 0.1) is 0 Å². The van der Waals surface area contributed by atoms with Crippen LogP contribution in [0.4, 0.5) is 27.4 Å². The molecule has 0 saturated heterocycles. The van der Waals surface area contributed by atoms with E-state index in [0.717, 1.165) is 22.0 Å². The van der Waals surface area contributed by atoms with Crippen molar-refractivity contribution in [3.63, 3.8) is 0 Å². The summed E-state index contributed by atoms with van der Waals surface area (Å²) < 4.78 is 13.0. The van der Waals surface area contributed by atoms with Gasteiger partial charge in [0.15, 0.2) is 11.6 Å². The first-order chi connectivity index (χ1) is 13.2. The third-order valence-corrected chi connectivity index (χ3v) is 4.30. The Morgan fingerprint density at radius 3 is 2.44 bits per heavy atom. The lowest BCUT2D eigenvalue weighted by atomic mass is 10.1. The van der Waals surface area contributed by atoms with Crippen molar-refractivity contribution in [3.05, 3.63) is 84.4 Å². The van der Waals surface area contributed by atoms with Gasteiger partial charge in [-0.3, -0.25) is 0 Å². The van der Waals surface area contributed by atoms with E-state index in [0.29, 0.717) is 23.9 Å². The van der Waals surface area contributed by atoms with E-state index < -0.39 is 0 Å². The van der Waals surface area contributed by atoms with Crippen molar-refractivity contribution < 1.29 is 4.39 Å². The van der Waals surface area contributed by atoms with E-state index in [4.69, 9.17) is 5.73 Å². The summed E-state index contributed by atoms with van der Waals surface area (Å²) in [6.45, 7) is 0.481. The van der Waals surface area contributed by atoms with Crippen molar-refractivity contribution in [1.82, 2.24) is 9.97 Å². The van der Waals surface area contributed by atoms with E-state index in [2.05, 4.69) is 32.7 Å². The lowest BCUT2D eigenvalue weighted by molar-refractivity contribution is 0.627. The van der Waals surface area contributed by atoms with Crippen LogP contribution in [0.15, 0.2) is 73.1 Å². The second-order valence-corrected chi connectivity index (χ2v) is 6.12. The molecule has 4 aromatic rings. The molecule has 1 heterocycles. The molecule has 0 aliphatic carbocycles. The molecular weight excluding hydrogens is 341 g/mol. The maximum atomic E-state index is 13.0. The maximum Gasteiger partial charge on any atom is 0.159 e. The molecule has 3 aromatic carbocycles. The van der Waals surface area contributed by atoms with E-state index in [1.165, 1.54) is 18.5 Å². The number of benzene rings is 3. The molecule has 0 aliphatic heterocycles. The summed E-state index contributed by atoms with van der Waals surface area (Å²) in [7, 11) is 0. The van der Waals surface area contributed by atoms with Crippen molar-refractivity contribution >= 4 is 33.8 Å². The zero-order chi connectivity index (χ0) is 18.6. The second kappa shape index (κ2) is 7.29. The summed E-state index contributed by atoms with van der Waals surface area (Å²) >= 11 is 0. The molecule has 0 amide bonds. The minimum Gasteiger partial charge on any atom is -0.393 e. The van der Waals surface area contributed by atoms with Gasteiger partial charge in [0.2, 0.25) is 0 Å². The zero-order valence-corrected chi connectivity index (χ0v) is 14.5. The van der Waals surface area contributed by atoms with Crippen LogP contribution in [0.5, 0.6) is 0 Å².